The normalized spacial score (nSPS) is 16.0. The molecule has 3 aromatic rings. The number of rotatable bonds is 5. The van der Waals surface area contributed by atoms with Crippen molar-refractivity contribution in [3.8, 4) is 11.1 Å². The summed E-state index contributed by atoms with van der Waals surface area (Å²) >= 11 is 0. The average molecular weight is 411 g/mol. The number of hydrogen-bond donors (Lipinski definition) is 2. The highest BCUT2D eigenvalue weighted by atomic mass is 19.1. The number of primary amides is 1. The first-order valence-corrected chi connectivity index (χ1v) is 9.13. The van der Waals surface area contributed by atoms with Crippen molar-refractivity contribution in [1.82, 2.24) is 14.7 Å². The fourth-order valence-electron chi connectivity index (χ4n) is 3.33. The van der Waals surface area contributed by atoms with E-state index in [-0.39, 0.29) is 24.7 Å². The van der Waals surface area contributed by atoms with Gasteiger partial charge < -0.3 is 15.8 Å². The molecular weight excluding hydrogens is 393 g/mol. The SMILES string of the molecule is CC(=O)NC[C@@H]1CN(c2ccc(-c3ccn4c(C(N)=O)cnc4c3)c(F)c2)C(=O)O1. The van der Waals surface area contributed by atoms with Crippen molar-refractivity contribution in [2.24, 2.45) is 5.73 Å². The van der Waals surface area contributed by atoms with Crippen LogP contribution in [-0.4, -0.2) is 46.5 Å². The fraction of sp³-hybridized carbons (Fsp3) is 0.200. The van der Waals surface area contributed by atoms with Crippen molar-refractivity contribution in [3.05, 3.63) is 54.2 Å². The van der Waals surface area contributed by atoms with E-state index in [1.165, 1.54) is 28.5 Å². The number of carbonyl (C=O) groups excluding carboxylic acids is 3. The number of ether oxygens (including phenoxy) is 1. The van der Waals surface area contributed by atoms with Gasteiger partial charge in [0.1, 0.15) is 23.3 Å². The van der Waals surface area contributed by atoms with Crippen LogP contribution in [0.5, 0.6) is 0 Å². The van der Waals surface area contributed by atoms with E-state index < -0.39 is 23.9 Å². The number of nitrogens with zero attached hydrogens (tertiary/aromatic N) is 3. The number of anilines is 1. The zero-order valence-electron chi connectivity index (χ0n) is 16.0. The van der Waals surface area contributed by atoms with Crippen molar-refractivity contribution < 1.29 is 23.5 Å². The lowest BCUT2D eigenvalue weighted by Crippen LogP contribution is -2.33. The summed E-state index contributed by atoms with van der Waals surface area (Å²) in [5.74, 6) is -1.37. The number of hydrogen-bond acceptors (Lipinski definition) is 5. The number of aromatic nitrogens is 2. The summed E-state index contributed by atoms with van der Waals surface area (Å²) in [5, 5.41) is 2.59. The number of halogens is 1. The minimum Gasteiger partial charge on any atom is -0.442 e. The van der Waals surface area contributed by atoms with E-state index in [0.29, 0.717) is 22.5 Å². The molecule has 0 bridgehead atoms. The Kier molecular flexibility index (Phi) is 4.82. The molecule has 3 heterocycles. The predicted octanol–water partition coefficient (Wildman–Crippen LogP) is 1.70. The van der Waals surface area contributed by atoms with Crippen LogP contribution in [0.2, 0.25) is 0 Å². The van der Waals surface area contributed by atoms with E-state index in [1.54, 1.807) is 30.5 Å². The Labute approximate surface area is 170 Å². The molecule has 3 amide bonds. The molecule has 10 heteroatoms. The van der Waals surface area contributed by atoms with E-state index in [1.807, 2.05) is 0 Å². The topological polar surface area (TPSA) is 119 Å². The summed E-state index contributed by atoms with van der Waals surface area (Å²) in [6.07, 6.45) is 1.84. The Morgan fingerprint density at radius 1 is 1.33 bits per heavy atom. The summed E-state index contributed by atoms with van der Waals surface area (Å²) in [4.78, 5) is 40.0. The van der Waals surface area contributed by atoms with E-state index in [9.17, 15) is 18.8 Å². The van der Waals surface area contributed by atoms with Crippen LogP contribution in [0.4, 0.5) is 14.9 Å². The Morgan fingerprint density at radius 3 is 2.83 bits per heavy atom. The summed E-state index contributed by atoms with van der Waals surface area (Å²) in [5.41, 5.74) is 7.21. The van der Waals surface area contributed by atoms with Gasteiger partial charge in [-0.2, -0.15) is 0 Å². The second kappa shape index (κ2) is 7.47. The Morgan fingerprint density at radius 2 is 2.13 bits per heavy atom. The van der Waals surface area contributed by atoms with Gasteiger partial charge in [-0.15, -0.1) is 0 Å². The molecule has 1 fully saturated rings. The number of pyridine rings is 1. The first kappa shape index (κ1) is 19.4. The summed E-state index contributed by atoms with van der Waals surface area (Å²) in [6.45, 7) is 1.77. The molecule has 30 heavy (non-hydrogen) atoms. The van der Waals surface area contributed by atoms with Gasteiger partial charge in [0.15, 0.2) is 0 Å². The Bertz CT molecular complexity index is 1180. The lowest BCUT2D eigenvalue weighted by atomic mass is 10.1. The van der Waals surface area contributed by atoms with Gasteiger partial charge in [0, 0.05) is 18.7 Å². The van der Waals surface area contributed by atoms with Crippen molar-refractivity contribution >= 4 is 29.2 Å². The quantitative estimate of drug-likeness (QED) is 0.662. The van der Waals surface area contributed by atoms with Crippen LogP contribution in [0.3, 0.4) is 0 Å². The number of fused-ring (bicyclic) bond motifs is 1. The maximum absolute atomic E-state index is 14.9. The largest absolute Gasteiger partial charge is 0.442 e. The molecule has 0 spiro atoms. The predicted molar refractivity (Wildman–Crippen MR) is 105 cm³/mol. The zero-order chi connectivity index (χ0) is 21.4. The van der Waals surface area contributed by atoms with E-state index >= 15 is 0 Å². The van der Waals surface area contributed by atoms with Crippen LogP contribution < -0.4 is 16.0 Å². The molecule has 2 aromatic heterocycles. The molecule has 3 N–H and O–H groups in total. The van der Waals surface area contributed by atoms with Crippen molar-refractivity contribution in [2.75, 3.05) is 18.0 Å². The third kappa shape index (κ3) is 3.54. The zero-order valence-corrected chi connectivity index (χ0v) is 16.0. The first-order chi connectivity index (χ1) is 14.3. The van der Waals surface area contributed by atoms with Gasteiger partial charge in [-0.1, -0.05) is 0 Å². The molecule has 1 aliphatic rings. The van der Waals surface area contributed by atoms with Gasteiger partial charge in [0.25, 0.3) is 5.91 Å². The van der Waals surface area contributed by atoms with Crippen LogP contribution in [0.25, 0.3) is 16.8 Å². The van der Waals surface area contributed by atoms with Crippen LogP contribution in [-0.2, 0) is 9.53 Å². The van der Waals surface area contributed by atoms with Gasteiger partial charge in [-0.25, -0.2) is 14.2 Å². The monoisotopic (exact) mass is 411 g/mol. The third-order valence-electron chi connectivity index (χ3n) is 4.79. The van der Waals surface area contributed by atoms with Crippen LogP contribution in [0, 0.1) is 5.82 Å². The maximum Gasteiger partial charge on any atom is 0.414 e. The number of benzene rings is 1. The number of nitrogens with one attached hydrogen (secondary N) is 1. The van der Waals surface area contributed by atoms with Gasteiger partial charge in [-0.3, -0.25) is 18.9 Å². The second-order valence-electron chi connectivity index (χ2n) is 6.87. The smallest absolute Gasteiger partial charge is 0.414 e. The highest BCUT2D eigenvalue weighted by Gasteiger charge is 2.32. The maximum atomic E-state index is 14.9. The van der Waals surface area contributed by atoms with Crippen molar-refractivity contribution in [3.63, 3.8) is 0 Å². The number of imidazole rings is 1. The lowest BCUT2D eigenvalue weighted by Gasteiger charge is -2.14. The minimum atomic E-state index is -0.611. The fourth-order valence-corrected chi connectivity index (χ4v) is 3.33. The molecule has 0 radical (unpaired) electrons. The third-order valence-corrected chi connectivity index (χ3v) is 4.79. The molecular formula is C20H18FN5O4. The first-order valence-electron chi connectivity index (χ1n) is 9.13. The molecule has 154 valence electrons. The highest BCUT2D eigenvalue weighted by Crippen LogP contribution is 2.29. The number of nitrogens with two attached hydrogens (primary N) is 1. The molecule has 1 atom stereocenters. The van der Waals surface area contributed by atoms with Gasteiger partial charge in [0.2, 0.25) is 5.91 Å². The minimum absolute atomic E-state index is 0.190. The molecule has 1 aliphatic heterocycles. The molecule has 4 rings (SSSR count). The summed E-state index contributed by atoms with van der Waals surface area (Å²) in [6, 6.07) is 7.71. The van der Waals surface area contributed by atoms with Gasteiger partial charge in [0.05, 0.1) is 25.0 Å². The standard InChI is InChI=1S/C20H18FN5O4/c1-11(27)23-8-14-10-26(20(29)30-14)13-2-3-15(16(21)7-13)12-4-5-25-17(19(22)28)9-24-18(25)6-12/h2-7,9,14H,8,10H2,1H3,(H2,22,28)(H,23,27)/t14-/m1/s1. The van der Waals surface area contributed by atoms with E-state index in [2.05, 4.69) is 10.3 Å². The highest BCUT2D eigenvalue weighted by molar-refractivity contribution is 5.92. The molecule has 0 unspecified atom stereocenters. The number of amides is 3. The lowest BCUT2D eigenvalue weighted by molar-refractivity contribution is -0.119. The Balaban J connectivity index is 1.58. The molecule has 9 nitrogen and oxygen atoms in total. The van der Waals surface area contributed by atoms with E-state index in [0.717, 1.165) is 0 Å². The van der Waals surface area contributed by atoms with E-state index in [4.69, 9.17) is 10.5 Å². The summed E-state index contributed by atoms with van der Waals surface area (Å²) in [7, 11) is 0. The van der Waals surface area contributed by atoms with Crippen LogP contribution >= 0.6 is 0 Å². The van der Waals surface area contributed by atoms with Crippen LogP contribution in [0.15, 0.2) is 42.7 Å². The average Bonchev–Trinajstić information content (AvgIpc) is 3.29. The second-order valence-corrected chi connectivity index (χ2v) is 6.87. The molecule has 1 saturated heterocycles. The van der Waals surface area contributed by atoms with Crippen molar-refractivity contribution in [1.29, 1.82) is 0 Å². The van der Waals surface area contributed by atoms with Gasteiger partial charge >= 0.3 is 6.09 Å². The van der Waals surface area contributed by atoms with Gasteiger partial charge in [-0.05, 0) is 35.9 Å². The van der Waals surface area contributed by atoms with Crippen molar-refractivity contribution in [2.45, 2.75) is 13.0 Å². The number of cyclic esters (lactones) is 1. The molecule has 0 aliphatic carbocycles. The molecule has 1 aromatic carbocycles. The van der Waals surface area contributed by atoms with Crippen LogP contribution in [0.1, 0.15) is 17.4 Å². The number of carbonyl (C=O) groups is 3. The Hall–Kier alpha value is -3.95. The molecule has 0 saturated carbocycles. The summed E-state index contributed by atoms with van der Waals surface area (Å²) < 4.78 is 21.6.